The second-order valence-electron chi connectivity index (χ2n) is 7.45. The van der Waals surface area contributed by atoms with Crippen LogP contribution in [0.3, 0.4) is 0 Å². The number of carbonyl (C=O) groups excluding carboxylic acids is 3. The number of hydrogen-bond acceptors (Lipinski definition) is 7. The van der Waals surface area contributed by atoms with Crippen LogP contribution in [0.1, 0.15) is 35.8 Å². The first-order chi connectivity index (χ1) is 14.9. The van der Waals surface area contributed by atoms with E-state index >= 15 is 0 Å². The molecule has 2 aromatic rings. The lowest BCUT2D eigenvalue weighted by Gasteiger charge is -2.44. The molecule has 1 saturated carbocycles. The van der Waals surface area contributed by atoms with Crippen molar-refractivity contribution in [2.75, 3.05) is 28.4 Å². The first-order valence-corrected chi connectivity index (χ1v) is 9.88. The highest BCUT2D eigenvalue weighted by Crippen LogP contribution is 2.55. The quantitative estimate of drug-likeness (QED) is 0.517. The zero-order valence-electron chi connectivity index (χ0n) is 18.0. The molecular formula is C24H26O7. The molecule has 0 spiro atoms. The molecule has 7 nitrogen and oxygen atoms in total. The third kappa shape index (κ3) is 3.87. The Balaban J connectivity index is 2.24. The fraction of sp³-hybridized carbons (Fsp3) is 0.375. The van der Waals surface area contributed by atoms with Crippen molar-refractivity contribution in [3.8, 4) is 11.5 Å². The highest BCUT2D eigenvalue weighted by Gasteiger charge is 2.63. The predicted octanol–water partition coefficient (Wildman–Crippen LogP) is 3.27. The number of methoxy groups -OCH3 is 4. The predicted molar refractivity (Wildman–Crippen MR) is 112 cm³/mol. The maximum atomic E-state index is 13.3. The van der Waals surface area contributed by atoms with Gasteiger partial charge in [-0.1, -0.05) is 24.3 Å². The lowest BCUT2D eigenvalue weighted by molar-refractivity contribution is -0.175. The van der Waals surface area contributed by atoms with Crippen molar-refractivity contribution in [1.29, 1.82) is 0 Å². The average molecular weight is 426 g/mol. The SMILES string of the molecule is COC(=O)C1(C(=O)OC)[C@@H](c2ccc(OC)cc2)CC(=O)C[C@@H]1c1ccc(OC)cc1. The van der Waals surface area contributed by atoms with Gasteiger partial charge in [0.15, 0.2) is 5.41 Å². The number of ketones is 1. The van der Waals surface area contributed by atoms with Crippen molar-refractivity contribution in [1.82, 2.24) is 0 Å². The third-order valence-corrected chi connectivity index (χ3v) is 6.05. The Labute approximate surface area is 181 Å². The molecular weight excluding hydrogens is 400 g/mol. The smallest absolute Gasteiger partial charge is 0.324 e. The number of benzene rings is 2. The van der Waals surface area contributed by atoms with Crippen LogP contribution in [0, 0.1) is 5.41 Å². The second kappa shape index (κ2) is 9.20. The van der Waals surface area contributed by atoms with Gasteiger partial charge in [0, 0.05) is 24.7 Å². The van der Waals surface area contributed by atoms with Crippen molar-refractivity contribution in [2.45, 2.75) is 24.7 Å². The number of rotatable bonds is 6. The molecule has 1 fully saturated rings. The topological polar surface area (TPSA) is 88.1 Å². The van der Waals surface area contributed by atoms with Gasteiger partial charge in [-0.15, -0.1) is 0 Å². The fourth-order valence-electron chi connectivity index (χ4n) is 4.53. The molecule has 0 bridgehead atoms. The van der Waals surface area contributed by atoms with E-state index in [4.69, 9.17) is 18.9 Å². The normalized spacial score (nSPS) is 19.9. The Morgan fingerprint density at radius 3 is 1.35 bits per heavy atom. The van der Waals surface area contributed by atoms with Crippen molar-refractivity contribution in [3.05, 3.63) is 59.7 Å². The van der Waals surface area contributed by atoms with E-state index in [0.29, 0.717) is 22.6 Å². The molecule has 0 radical (unpaired) electrons. The highest BCUT2D eigenvalue weighted by molar-refractivity contribution is 6.05. The van der Waals surface area contributed by atoms with Gasteiger partial charge in [-0.2, -0.15) is 0 Å². The van der Waals surface area contributed by atoms with Gasteiger partial charge in [-0.05, 0) is 35.4 Å². The maximum absolute atomic E-state index is 13.3. The van der Waals surface area contributed by atoms with Crippen LogP contribution in [0.4, 0.5) is 0 Å². The number of esters is 2. The molecule has 1 aliphatic rings. The molecule has 2 aromatic carbocycles. The van der Waals surface area contributed by atoms with Crippen LogP contribution in [-0.2, 0) is 23.9 Å². The van der Waals surface area contributed by atoms with Crippen LogP contribution < -0.4 is 9.47 Å². The maximum Gasteiger partial charge on any atom is 0.324 e. The summed E-state index contributed by atoms with van der Waals surface area (Å²) in [7, 11) is 5.57. The lowest BCUT2D eigenvalue weighted by Crippen LogP contribution is -2.54. The Kier molecular flexibility index (Phi) is 6.63. The van der Waals surface area contributed by atoms with Crippen molar-refractivity contribution in [3.63, 3.8) is 0 Å². The van der Waals surface area contributed by atoms with E-state index in [1.54, 1.807) is 62.8 Å². The summed E-state index contributed by atoms with van der Waals surface area (Å²) in [5.41, 5.74) is -0.410. The Hall–Kier alpha value is -3.35. The van der Waals surface area contributed by atoms with Crippen molar-refractivity contribution >= 4 is 17.7 Å². The zero-order valence-corrected chi connectivity index (χ0v) is 18.0. The molecule has 7 heteroatoms. The summed E-state index contributed by atoms with van der Waals surface area (Å²) >= 11 is 0. The molecule has 0 heterocycles. The number of carbonyl (C=O) groups is 3. The van der Waals surface area contributed by atoms with E-state index in [1.807, 2.05) is 0 Å². The lowest BCUT2D eigenvalue weighted by atomic mass is 9.56. The van der Waals surface area contributed by atoms with Gasteiger partial charge in [0.1, 0.15) is 17.3 Å². The van der Waals surface area contributed by atoms with Crippen LogP contribution in [0.15, 0.2) is 48.5 Å². The Morgan fingerprint density at radius 1 is 0.710 bits per heavy atom. The minimum atomic E-state index is -1.72. The Morgan fingerprint density at radius 2 is 1.06 bits per heavy atom. The van der Waals surface area contributed by atoms with Crippen LogP contribution in [0.25, 0.3) is 0 Å². The molecule has 0 unspecified atom stereocenters. The van der Waals surface area contributed by atoms with Gasteiger partial charge in [-0.3, -0.25) is 14.4 Å². The van der Waals surface area contributed by atoms with Gasteiger partial charge < -0.3 is 18.9 Å². The van der Waals surface area contributed by atoms with Gasteiger partial charge in [0.05, 0.1) is 28.4 Å². The number of hydrogen-bond donors (Lipinski definition) is 0. The third-order valence-electron chi connectivity index (χ3n) is 6.05. The largest absolute Gasteiger partial charge is 0.497 e. The number of ether oxygens (including phenoxy) is 4. The summed E-state index contributed by atoms with van der Waals surface area (Å²) in [6.45, 7) is 0. The van der Waals surface area contributed by atoms with E-state index in [9.17, 15) is 14.4 Å². The minimum absolute atomic E-state index is 0.0170. The molecule has 0 amide bonds. The Bertz CT molecular complexity index is 869. The summed E-state index contributed by atoms with van der Waals surface area (Å²) in [6, 6.07) is 14.0. The molecule has 2 atom stereocenters. The average Bonchev–Trinajstić information content (AvgIpc) is 2.82. The molecule has 164 valence electrons. The minimum Gasteiger partial charge on any atom is -0.497 e. The van der Waals surface area contributed by atoms with E-state index in [1.165, 1.54) is 14.2 Å². The first-order valence-electron chi connectivity index (χ1n) is 9.88. The molecule has 0 aromatic heterocycles. The standard InChI is InChI=1S/C24H26O7/c1-28-18-9-5-15(6-10-18)20-13-17(25)14-21(16-7-11-19(29-2)12-8-16)24(20,22(26)30-3)23(27)31-4/h5-12,20-21H,13-14H2,1-4H3/t20-,21-/m1/s1. The van der Waals surface area contributed by atoms with Crippen molar-refractivity contribution in [2.24, 2.45) is 5.41 Å². The summed E-state index contributed by atoms with van der Waals surface area (Å²) < 4.78 is 20.7. The van der Waals surface area contributed by atoms with Crippen LogP contribution in [0.5, 0.6) is 11.5 Å². The fourth-order valence-corrected chi connectivity index (χ4v) is 4.53. The van der Waals surface area contributed by atoms with Crippen LogP contribution in [-0.4, -0.2) is 46.2 Å². The molecule has 0 N–H and O–H groups in total. The van der Waals surface area contributed by atoms with Gasteiger partial charge in [0.25, 0.3) is 0 Å². The first kappa shape index (κ1) is 22.3. The summed E-state index contributed by atoms with van der Waals surface area (Å²) in [5.74, 6) is -1.77. The highest BCUT2D eigenvalue weighted by atomic mass is 16.5. The van der Waals surface area contributed by atoms with Crippen LogP contribution >= 0.6 is 0 Å². The molecule has 3 rings (SSSR count). The van der Waals surface area contributed by atoms with Gasteiger partial charge in [-0.25, -0.2) is 0 Å². The van der Waals surface area contributed by atoms with E-state index in [0.717, 1.165) is 0 Å². The summed E-state index contributed by atoms with van der Waals surface area (Å²) in [4.78, 5) is 39.5. The van der Waals surface area contributed by atoms with Crippen molar-refractivity contribution < 1.29 is 33.3 Å². The van der Waals surface area contributed by atoms with Crippen LogP contribution in [0.2, 0.25) is 0 Å². The zero-order chi connectivity index (χ0) is 22.6. The molecule has 0 aliphatic heterocycles. The molecule has 0 saturated heterocycles. The summed E-state index contributed by atoms with van der Waals surface area (Å²) in [5, 5.41) is 0. The molecule has 1 aliphatic carbocycles. The summed E-state index contributed by atoms with van der Waals surface area (Å²) in [6.07, 6.45) is 0.0341. The van der Waals surface area contributed by atoms with Gasteiger partial charge >= 0.3 is 11.9 Å². The van der Waals surface area contributed by atoms with E-state index < -0.39 is 29.2 Å². The van der Waals surface area contributed by atoms with E-state index in [-0.39, 0.29) is 18.6 Å². The monoisotopic (exact) mass is 426 g/mol. The van der Waals surface area contributed by atoms with Gasteiger partial charge in [0.2, 0.25) is 0 Å². The second-order valence-corrected chi connectivity index (χ2v) is 7.45. The number of Topliss-reactive ketones (excluding diaryl/α,β-unsaturated/α-hetero) is 1. The van der Waals surface area contributed by atoms with E-state index in [2.05, 4.69) is 0 Å². The molecule has 31 heavy (non-hydrogen) atoms.